The quantitative estimate of drug-likeness (QED) is 0.735. The third-order valence-electron chi connectivity index (χ3n) is 5.82. The number of aromatic nitrogens is 3. The van der Waals surface area contributed by atoms with Crippen molar-refractivity contribution in [3.05, 3.63) is 47.7 Å². The van der Waals surface area contributed by atoms with Crippen LogP contribution in [0.3, 0.4) is 0 Å². The molecule has 6 nitrogen and oxygen atoms in total. The highest BCUT2D eigenvalue weighted by molar-refractivity contribution is 6.06. The van der Waals surface area contributed by atoms with Gasteiger partial charge in [-0.05, 0) is 52.3 Å². The molecule has 1 saturated heterocycles. The van der Waals surface area contributed by atoms with E-state index in [1.165, 1.54) is 0 Å². The Morgan fingerprint density at radius 3 is 2.79 bits per heavy atom. The Morgan fingerprint density at radius 1 is 1.28 bits per heavy atom. The van der Waals surface area contributed by atoms with Crippen LogP contribution < -0.4 is 5.32 Å². The number of hydrogen-bond acceptors (Lipinski definition) is 4. The summed E-state index contributed by atoms with van der Waals surface area (Å²) < 4.78 is 1.90. The number of benzene rings is 1. The summed E-state index contributed by atoms with van der Waals surface area (Å²) in [5, 5.41) is 8.69. The number of piperidine rings is 1. The van der Waals surface area contributed by atoms with Gasteiger partial charge in [-0.25, -0.2) is 9.67 Å². The van der Waals surface area contributed by atoms with Crippen LogP contribution in [0, 0.1) is 6.92 Å². The van der Waals surface area contributed by atoms with Crippen molar-refractivity contribution in [1.29, 1.82) is 0 Å². The maximum atomic E-state index is 13.6. The van der Waals surface area contributed by atoms with Gasteiger partial charge in [-0.2, -0.15) is 5.10 Å². The number of fused-ring (bicyclic) bond motifs is 1. The Kier molecular flexibility index (Phi) is 5.37. The van der Waals surface area contributed by atoms with Crippen molar-refractivity contribution in [3.8, 4) is 11.3 Å². The van der Waals surface area contributed by atoms with Crippen molar-refractivity contribution in [1.82, 2.24) is 25.0 Å². The van der Waals surface area contributed by atoms with Gasteiger partial charge in [0.25, 0.3) is 5.91 Å². The number of likely N-dealkylation sites (N-methyl/N-ethyl adjacent to an activating group) is 1. The van der Waals surface area contributed by atoms with Crippen LogP contribution in [0.4, 0.5) is 0 Å². The molecule has 1 aromatic carbocycles. The van der Waals surface area contributed by atoms with Gasteiger partial charge in [0, 0.05) is 30.7 Å². The number of carbonyl (C=O) groups is 1. The fraction of sp³-hybridized carbons (Fsp3) is 0.435. The van der Waals surface area contributed by atoms with Crippen molar-refractivity contribution in [3.63, 3.8) is 0 Å². The molecular weight excluding hydrogens is 362 g/mol. The standard InChI is InChI=1S/C23H29N5O/c1-15(2)28-22-20(13-25-28)19(23(29)27-11-7-9-17(14-27)24-4)12-21(26-22)18-10-6-5-8-16(18)3/h5-6,8,10,12-13,15,17,24H,7,9,11,14H2,1-4H3. The molecule has 1 aliphatic rings. The van der Waals surface area contributed by atoms with Gasteiger partial charge in [-0.1, -0.05) is 24.3 Å². The molecule has 1 N–H and O–H groups in total. The second-order valence-electron chi connectivity index (χ2n) is 8.17. The first-order chi connectivity index (χ1) is 14.0. The van der Waals surface area contributed by atoms with Crippen LogP contribution in [-0.4, -0.2) is 51.8 Å². The third-order valence-corrected chi connectivity index (χ3v) is 5.82. The monoisotopic (exact) mass is 391 g/mol. The topological polar surface area (TPSA) is 63.1 Å². The lowest BCUT2D eigenvalue weighted by Crippen LogP contribution is -2.47. The summed E-state index contributed by atoms with van der Waals surface area (Å²) in [6.45, 7) is 7.76. The van der Waals surface area contributed by atoms with Crippen LogP contribution in [0.5, 0.6) is 0 Å². The number of aryl methyl sites for hydroxylation is 1. The zero-order valence-corrected chi connectivity index (χ0v) is 17.6. The van der Waals surface area contributed by atoms with E-state index in [4.69, 9.17) is 4.98 Å². The van der Waals surface area contributed by atoms with E-state index in [9.17, 15) is 4.79 Å². The molecule has 0 aliphatic carbocycles. The SMILES string of the molecule is CNC1CCCN(C(=O)c2cc(-c3ccccc3C)nc3c2cnn3C(C)C)C1. The number of pyridine rings is 1. The number of carbonyl (C=O) groups excluding carboxylic acids is 1. The normalized spacial score (nSPS) is 17.3. The number of hydrogen-bond donors (Lipinski definition) is 1. The zero-order chi connectivity index (χ0) is 20.5. The Labute approximate surface area is 171 Å². The molecule has 0 radical (unpaired) electrons. The Bertz CT molecular complexity index is 1040. The van der Waals surface area contributed by atoms with Gasteiger partial charge in [0.1, 0.15) is 0 Å². The molecule has 4 rings (SSSR count). The lowest BCUT2D eigenvalue weighted by atomic mass is 10.0. The molecule has 1 aliphatic heterocycles. The van der Waals surface area contributed by atoms with E-state index in [-0.39, 0.29) is 11.9 Å². The molecule has 3 aromatic rings. The average Bonchev–Trinajstić information content (AvgIpc) is 3.17. The van der Waals surface area contributed by atoms with Crippen molar-refractivity contribution in [2.24, 2.45) is 0 Å². The van der Waals surface area contributed by atoms with E-state index >= 15 is 0 Å². The molecule has 0 bridgehead atoms. The van der Waals surface area contributed by atoms with Crippen LogP contribution in [0.1, 0.15) is 48.7 Å². The van der Waals surface area contributed by atoms with Crippen LogP contribution >= 0.6 is 0 Å². The van der Waals surface area contributed by atoms with Gasteiger partial charge in [-0.3, -0.25) is 4.79 Å². The maximum absolute atomic E-state index is 13.6. The van der Waals surface area contributed by atoms with Crippen LogP contribution in [0.15, 0.2) is 36.5 Å². The minimum absolute atomic E-state index is 0.0653. The highest BCUT2D eigenvalue weighted by atomic mass is 16.2. The second-order valence-corrected chi connectivity index (χ2v) is 8.17. The average molecular weight is 392 g/mol. The summed E-state index contributed by atoms with van der Waals surface area (Å²) in [5.74, 6) is 0.0653. The van der Waals surface area contributed by atoms with E-state index in [2.05, 4.69) is 43.3 Å². The Hall–Kier alpha value is -2.73. The molecule has 2 aromatic heterocycles. The van der Waals surface area contributed by atoms with Gasteiger partial charge in [-0.15, -0.1) is 0 Å². The van der Waals surface area contributed by atoms with E-state index in [1.54, 1.807) is 6.20 Å². The highest BCUT2D eigenvalue weighted by Crippen LogP contribution is 2.29. The second kappa shape index (κ2) is 7.95. The highest BCUT2D eigenvalue weighted by Gasteiger charge is 2.27. The first kappa shape index (κ1) is 19.6. The van der Waals surface area contributed by atoms with Crippen molar-refractivity contribution in [2.45, 2.75) is 45.7 Å². The van der Waals surface area contributed by atoms with Crippen LogP contribution in [0.2, 0.25) is 0 Å². The number of likely N-dealkylation sites (tertiary alicyclic amines) is 1. The van der Waals surface area contributed by atoms with Gasteiger partial charge < -0.3 is 10.2 Å². The molecular formula is C23H29N5O. The van der Waals surface area contributed by atoms with Gasteiger partial charge >= 0.3 is 0 Å². The van der Waals surface area contributed by atoms with E-state index in [1.807, 2.05) is 34.8 Å². The maximum Gasteiger partial charge on any atom is 0.254 e. The smallest absolute Gasteiger partial charge is 0.254 e. The Morgan fingerprint density at radius 2 is 2.07 bits per heavy atom. The summed E-state index contributed by atoms with van der Waals surface area (Å²) in [6, 6.07) is 10.6. The minimum Gasteiger partial charge on any atom is -0.337 e. The van der Waals surface area contributed by atoms with Gasteiger partial charge in [0.15, 0.2) is 5.65 Å². The lowest BCUT2D eigenvalue weighted by molar-refractivity contribution is 0.0700. The molecule has 0 spiro atoms. The van der Waals surface area contributed by atoms with Crippen molar-refractivity contribution < 1.29 is 4.79 Å². The number of nitrogens with zero attached hydrogens (tertiary/aromatic N) is 4. The number of amides is 1. The number of nitrogens with one attached hydrogen (secondary N) is 1. The number of rotatable bonds is 4. The summed E-state index contributed by atoms with van der Waals surface area (Å²) in [4.78, 5) is 20.4. The van der Waals surface area contributed by atoms with Gasteiger partial charge in [0.05, 0.1) is 22.8 Å². The van der Waals surface area contributed by atoms with Crippen LogP contribution in [-0.2, 0) is 0 Å². The summed E-state index contributed by atoms with van der Waals surface area (Å²) >= 11 is 0. The third kappa shape index (κ3) is 3.65. The fourth-order valence-corrected chi connectivity index (χ4v) is 4.14. The first-order valence-corrected chi connectivity index (χ1v) is 10.4. The summed E-state index contributed by atoms with van der Waals surface area (Å²) in [6.07, 6.45) is 3.91. The lowest BCUT2D eigenvalue weighted by Gasteiger charge is -2.32. The summed E-state index contributed by atoms with van der Waals surface area (Å²) in [7, 11) is 1.96. The molecule has 1 unspecified atom stereocenters. The van der Waals surface area contributed by atoms with E-state index in [0.29, 0.717) is 11.6 Å². The van der Waals surface area contributed by atoms with E-state index < -0.39 is 0 Å². The molecule has 1 amide bonds. The minimum atomic E-state index is 0.0653. The summed E-state index contributed by atoms with van der Waals surface area (Å²) in [5.41, 5.74) is 4.47. The predicted octanol–water partition coefficient (Wildman–Crippen LogP) is 3.81. The predicted molar refractivity (Wildman–Crippen MR) is 116 cm³/mol. The van der Waals surface area contributed by atoms with Crippen LogP contribution in [0.25, 0.3) is 22.3 Å². The van der Waals surface area contributed by atoms with Gasteiger partial charge in [0.2, 0.25) is 0 Å². The molecule has 1 fully saturated rings. The first-order valence-electron chi connectivity index (χ1n) is 10.4. The zero-order valence-electron chi connectivity index (χ0n) is 17.6. The molecule has 29 heavy (non-hydrogen) atoms. The van der Waals surface area contributed by atoms with Crippen molar-refractivity contribution >= 4 is 16.9 Å². The molecule has 0 saturated carbocycles. The fourth-order valence-electron chi connectivity index (χ4n) is 4.14. The molecule has 1 atom stereocenters. The van der Waals surface area contributed by atoms with Crippen molar-refractivity contribution in [2.75, 3.05) is 20.1 Å². The van der Waals surface area contributed by atoms with E-state index in [0.717, 1.165) is 53.8 Å². The largest absolute Gasteiger partial charge is 0.337 e. The molecule has 6 heteroatoms. The molecule has 3 heterocycles. The molecule has 152 valence electrons. The Balaban J connectivity index is 1.86.